The topological polar surface area (TPSA) is 70.4 Å². The predicted molar refractivity (Wildman–Crippen MR) is 140 cm³/mol. The van der Waals surface area contributed by atoms with Gasteiger partial charge in [0.1, 0.15) is 0 Å². The van der Waals surface area contributed by atoms with E-state index in [1.807, 2.05) is 21.7 Å². The molecule has 188 valence electrons. The monoisotopic (exact) mass is 485 g/mol. The van der Waals surface area contributed by atoms with E-state index in [1.54, 1.807) is 0 Å². The molecule has 36 heavy (non-hydrogen) atoms. The number of likely N-dealkylation sites (tertiary alicyclic amines) is 1. The Morgan fingerprint density at radius 2 is 1.64 bits per heavy atom. The summed E-state index contributed by atoms with van der Waals surface area (Å²) in [4.78, 5) is 18.9. The molecule has 0 aliphatic carbocycles. The van der Waals surface area contributed by atoms with Gasteiger partial charge >= 0.3 is 0 Å². The molecule has 0 saturated carbocycles. The molecule has 3 heterocycles. The highest BCUT2D eigenvalue weighted by Crippen LogP contribution is 2.28. The number of nitrogens with zero attached hydrogens (tertiary/aromatic N) is 7. The van der Waals surface area contributed by atoms with Crippen molar-refractivity contribution >= 4 is 12.0 Å². The third-order valence-corrected chi connectivity index (χ3v) is 7.13. The fourth-order valence-corrected chi connectivity index (χ4v) is 5.18. The summed E-state index contributed by atoms with van der Waals surface area (Å²) in [6, 6.07) is 21.0. The summed E-state index contributed by atoms with van der Waals surface area (Å²) in [5.74, 6) is 1.15. The summed E-state index contributed by atoms with van der Waals surface area (Å²) in [7, 11) is 0. The van der Waals surface area contributed by atoms with Gasteiger partial charge < -0.3 is 4.90 Å². The average molecular weight is 486 g/mol. The van der Waals surface area contributed by atoms with E-state index in [2.05, 4.69) is 86.0 Å². The molecule has 0 unspecified atom stereocenters. The van der Waals surface area contributed by atoms with Crippen LogP contribution in [0.25, 0.3) is 6.08 Å². The smallest absolute Gasteiger partial charge is 0.222 e. The van der Waals surface area contributed by atoms with Gasteiger partial charge in [0.2, 0.25) is 5.91 Å². The number of piperazine rings is 1. The number of carbonyl (C=O) groups excluding carboxylic acids is 1. The summed E-state index contributed by atoms with van der Waals surface area (Å²) in [5, 5.41) is 12.9. The molecule has 1 amide bonds. The highest BCUT2D eigenvalue weighted by Gasteiger charge is 2.30. The maximum atomic E-state index is 12.0. The van der Waals surface area contributed by atoms with Crippen molar-refractivity contribution in [2.75, 3.05) is 45.8 Å². The minimum atomic E-state index is 0.0108. The summed E-state index contributed by atoms with van der Waals surface area (Å²) >= 11 is 0. The fourth-order valence-electron chi connectivity index (χ4n) is 5.18. The molecule has 1 atom stereocenters. The van der Waals surface area contributed by atoms with Crippen LogP contribution in [-0.2, 0) is 11.3 Å². The molecule has 5 rings (SSSR count). The molecule has 0 radical (unpaired) electrons. The Morgan fingerprint density at radius 3 is 2.36 bits per heavy atom. The van der Waals surface area contributed by atoms with Crippen molar-refractivity contribution in [3.05, 3.63) is 83.7 Å². The second-order valence-electron chi connectivity index (χ2n) is 9.56. The lowest BCUT2D eigenvalue weighted by atomic mass is 10.0. The molecule has 2 aliphatic rings. The normalized spacial score (nSPS) is 18.3. The Labute approximate surface area is 213 Å². The zero-order chi connectivity index (χ0) is 24.6. The Balaban J connectivity index is 1.23. The number of tetrazole rings is 1. The number of carbonyl (C=O) groups is 1. The summed E-state index contributed by atoms with van der Waals surface area (Å²) in [6.45, 7) is 7.21. The van der Waals surface area contributed by atoms with Gasteiger partial charge in [0.15, 0.2) is 5.82 Å². The molecule has 0 bridgehead atoms. The molecule has 2 saturated heterocycles. The molecule has 2 aromatic carbocycles. The van der Waals surface area contributed by atoms with Gasteiger partial charge in [-0.3, -0.25) is 14.6 Å². The lowest BCUT2D eigenvalue weighted by Gasteiger charge is -2.38. The molecule has 0 N–H and O–H groups in total. The van der Waals surface area contributed by atoms with Crippen LogP contribution < -0.4 is 0 Å². The molecule has 1 aromatic heterocycles. The zero-order valence-electron chi connectivity index (χ0n) is 20.8. The first kappa shape index (κ1) is 24.3. The second-order valence-corrected chi connectivity index (χ2v) is 9.56. The number of aryl methyl sites for hydroxylation is 1. The van der Waals surface area contributed by atoms with Crippen LogP contribution in [0.4, 0.5) is 0 Å². The maximum Gasteiger partial charge on any atom is 0.222 e. The first-order valence-electron chi connectivity index (χ1n) is 13.0. The third-order valence-electron chi connectivity index (χ3n) is 7.13. The van der Waals surface area contributed by atoms with Crippen LogP contribution in [0.3, 0.4) is 0 Å². The van der Waals surface area contributed by atoms with E-state index in [-0.39, 0.29) is 11.9 Å². The molecule has 8 nitrogen and oxygen atoms in total. The fraction of sp³-hybridized carbons (Fsp3) is 0.429. The summed E-state index contributed by atoms with van der Waals surface area (Å²) in [5.41, 5.74) is 2.45. The minimum Gasteiger partial charge on any atom is -0.343 e. The lowest BCUT2D eigenvalue weighted by molar-refractivity contribution is -0.127. The Kier molecular flexibility index (Phi) is 8.15. The Morgan fingerprint density at radius 1 is 0.889 bits per heavy atom. The number of benzene rings is 2. The third kappa shape index (κ3) is 6.06. The van der Waals surface area contributed by atoms with Crippen LogP contribution in [0, 0.1) is 0 Å². The van der Waals surface area contributed by atoms with Crippen LogP contribution in [0.1, 0.15) is 42.3 Å². The van der Waals surface area contributed by atoms with Gasteiger partial charge in [-0.05, 0) is 34.4 Å². The first-order valence-corrected chi connectivity index (χ1v) is 13.0. The SMILES string of the molecule is O=C1CCCN1CCCn1nnnc1[C@H](c1ccccc1)N1CCN(CC=Cc2ccccc2)CC1. The van der Waals surface area contributed by atoms with E-state index in [4.69, 9.17) is 0 Å². The van der Waals surface area contributed by atoms with Gasteiger partial charge in [0, 0.05) is 58.8 Å². The highest BCUT2D eigenvalue weighted by molar-refractivity contribution is 5.77. The maximum absolute atomic E-state index is 12.0. The number of rotatable bonds is 10. The molecule has 2 fully saturated rings. The minimum absolute atomic E-state index is 0.0108. The Bertz CT molecular complexity index is 1120. The van der Waals surface area contributed by atoms with Crippen LogP contribution in [0.15, 0.2) is 66.7 Å². The molecule has 8 heteroatoms. The van der Waals surface area contributed by atoms with Crippen molar-refractivity contribution in [1.29, 1.82) is 0 Å². The van der Waals surface area contributed by atoms with Crippen LogP contribution in [0.2, 0.25) is 0 Å². The van der Waals surface area contributed by atoms with Gasteiger partial charge in [-0.1, -0.05) is 72.8 Å². The van der Waals surface area contributed by atoms with E-state index in [0.717, 1.165) is 64.5 Å². The molecule has 0 spiro atoms. The van der Waals surface area contributed by atoms with Crippen LogP contribution in [-0.4, -0.2) is 86.6 Å². The van der Waals surface area contributed by atoms with Crippen molar-refractivity contribution in [2.24, 2.45) is 0 Å². The second kappa shape index (κ2) is 12.1. The van der Waals surface area contributed by atoms with E-state index < -0.39 is 0 Å². The van der Waals surface area contributed by atoms with Crippen LogP contribution >= 0.6 is 0 Å². The van der Waals surface area contributed by atoms with Gasteiger partial charge in [-0.2, -0.15) is 0 Å². The average Bonchev–Trinajstić information content (AvgIpc) is 3.55. The Hall–Kier alpha value is -3.36. The summed E-state index contributed by atoms with van der Waals surface area (Å²) < 4.78 is 1.94. The van der Waals surface area contributed by atoms with Crippen molar-refractivity contribution in [3.63, 3.8) is 0 Å². The predicted octanol–water partition coefficient (Wildman–Crippen LogP) is 3.11. The van der Waals surface area contributed by atoms with E-state index in [0.29, 0.717) is 13.0 Å². The zero-order valence-corrected chi connectivity index (χ0v) is 20.8. The van der Waals surface area contributed by atoms with E-state index in [1.165, 1.54) is 11.1 Å². The quantitative estimate of drug-likeness (QED) is 0.440. The van der Waals surface area contributed by atoms with E-state index in [9.17, 15) is 4.79 Å². The van der Waals surface area contributed by atoms with Crippen molar-refractivity contribution < 1.29 is 4.79 Å². The van der Waals surface area contributed by atoms with Gasteiger partial charge in [-0.15, -0.1) is 5.10 Å². The van der Waals surface area contributed by atoms with Crippen molar-refractivity contribution in [1.82, 2.24) is 34.9 Å². The standard InChI is InChI=1S/C28H35N7O/c36-26-15-8-17-33(26)18-9-19-35-28(29-30-31-35)27(25-13-5-2-6-14-25)34-22-20-32(21-23-34)16-7-12-24-10-3-1-4-11-24/h1-7,10-14,27H,8-9,15-23H2/t27-/m0/s1. The molecule has 3 aromatic rings. The highest BCUT2D eigenvalue weighted by atomic mass is 16.2. The van der Waals surface area contributed by atoms with Crippen molar-refractivity contribution in [2.45, 2.75) is 31.8 Å². The van der Waals surface area contributed by atoms with Crippen LogP contribution in [0.5, 0.6) is 0 Å². The van der Waals surface area contributed by atoms with E-state index >= 15 is 0 Å². The van der Waals surface area contributed by atoms with Gasteiger partial charge in [0.05, 0.1) is 6.04 Å². The van der Waals surface area contributed by atoms with Gasteiger partial charge in [-0.25, -0.2) is 4.68 Å². The number of hydrogen-bond acceptors (Lipinski definition) is 6. The van der Waals surface area contributed by atoms with Gasteiger partial charge in [0.25, 0.3) is 0 Å². The first-order chi connectivity index (χ1) is 17.8. The lowest BCUT2D eigenvalue weighted by Crippen LogP contribution is -2.48. The molecule has 2 aliphatic heterocycles. The summed E-state index contributed by atoms with van der Waals surface area (Å²) in [6.07, 6.45) is 6.96. The molecular formula is C28H35N7O. The number of aromatic nitrogens is 4. The molecular weight excluding hydrogens is 450 g/mol. The number of amides is 1. The number of hydrogen-bond donors (Lipinski definition) is 0. The van der Waals surface area contributed by atoms with Crippen molar-refractivity contribution in [3.8, 4) is 0 Å². The largest absolute Gasteiger partial charge is 0.343 e.